The summed E-state index contributed by atoms with van der Waals surface area (Å²) >= 11 is 5.79. The summed E-state index contributed by atoms with van der Waals surface area (Å²) in [7, 11) is 0. The standard InChI is InChI=1S/C69H100N16O15S/c1-7-42(6)60(82-69(101)75-46-21-19-44(20-22-46)32-47-36-84(38-58(89)90)27-26-83(37-57(87)88)28-29-85(47)39-59(91)92)66(98)81-54(33-43-14-9-8-10-15-43)64(96)79-52(30-40(2)3)62(94)78-53(31-41(4)5)63(95)80-55(34-45-35-74-49-17-12-11-16-48(45)49)65(97)76-50(23-24-56(70)86)61(93)77-51(67(99)100)18-13-25-73-68(71)72/h8-12,14-17,19-22,35,40-42,47,50-55,60,74H,7,13,18,23-34,36-39H2,1-6H3,(H2,70,86)(H,76,97)(H,77,93)(H,78,94)(H,79,96)(H,80,95)(H,81,98)(H,87,88)(H,89,90)(H,91,92)(H,99,100)(H4,71,72,73)(H2,75,82,101). The quantitative estimate of drug-likeness (QED) is 0.0127. The number of carbonyl (C=O) groups is 11. The third-order valence-corrected chi connectivity index (χ3v) is 17.4. The first-order chi connectivity index (χ1) is 47.9. The number of nitrogens with zero attached hydrogens (tertiary/aromatic N) is 4. The zero-order valence-electron chi connectivity index (χ0n) is 58.1. The average Bonchev–Trinajstić information content (AvgIpc) is 1.74. The molecule has 5 rings (SSSR count). The number of carbonyl (C=O) groups excluding carboxylic acids is 7. The number of aliphatic carboxylic acids is 4. The van der Waals surface area contributed by atoms with Crippen LogP contribution < -0.4 is 59.7 Å². The highest BCUT2D eigenvalue weighted by atomic mass is 32.1. The molecule has 0 saturated carbocycles. The number of carboxylic acid groups (broad SMARTS) is 4. The van der Waals surface area contributed by atoms with E-state index in [1.807, 2.05) is 47.6 Å². The molecule has 552 valence electrons. The molecule has 32 heteroatoms. The van der Waals surface area contributed by atoms with Crippen molar-refractivity contribution in [1.29, 1.82) is 0 Å². The predicted molar refractivity (Wildman–Crippen MR) is 383 cm³/mol. The van der Waals surface area contributed by atoms with E-state index in [0.29, 0.717) is 40.6 Å². The topological polar surface area (TPSA) is 481 Å². The Hall–Kier alpha value is -9.79. The number of aliphatic imine (C=N–C) groups is 1. The number of fused-ring (bicyclic) bond motifs is 1. The number of guanidine groups is 1. The van der Waals surface area contributed by atoms with Gasteiger partial charge in [0.25, 0.3) is 0 Å². The number of para-hydroxylation sites is 1. The van der Waals surface area contributed by atoms with Crippen molar-refractivity contribution in [1.82, 2.24) is 56.9 Å². The third-order valence-electron chi connectivity index (χ3n) is 17.1. The van der Waals surface area contributed by atoms with Crippen LogP contribution in [0.1, 0.15) is 103 Å². The van der Waals surface area contributed by atoms with Gasteiger partial charge in [-0.05, 0) is 103 Å². The van der Waals surface area contributed by atoms with Crippen LogP contribution in [-0.2, 0) is 72.0 Å². The van der Waals surface area contributed by atoms with Crippen molar-refractivity contribution in [3.05, 3.63) is 102 Å². The first-order valence-corrected chi connectivity index (χ1v) is 34.3. The zero-order valence-corrected chi connectivity index (χ0v) is 58.9. The molecule has 31 nitrogen and oxygen atoms in total. The summed E-state index contributed by atoms with van der Waals surface area (Å²) in [4.78, 5) is 160. The van der Waals surface area contributed by atoms with Crippen LogP contribution in [0.2, 0.25) is 0 Å². The minimum Gasteiger partial charge on any atom is -0.480 e. The highest BCUT2D eigenvalue weighted by molar-refractivity contribution is 7.80. The molecule has 9 atom stereocenters. The number of thiocarbonyl (C=S) groups is 1. The Labute approximate surface area is 592 Å². The van der Waals surface area contributed by atoms with Crippen molar-refractivity contribution >= 4 is 105 Å². The molecule has 0 bridgehead atoms. The maximum Gasteiger partial charge on any atom is 0.326 e. The second-order valence-corrected chi connectivity index (χ2v) is 26.8. The van der Waals surface area contributed by atoms with E-state index in [-0.39, 0.29) is 133 Å². The summed E-state index contributed by atoms with van der Waals surface area (Å²) in [5, 5.41) is 62.6. The predicted octanol–water partition coefficient (Wildman–Crippen LogP) is 0.844. The first kappa shape index (κ1) is 81.9. The van der Waals surface area contributed by atoms with Gasteiger partial charge in [-0.2, -0.15) is 0 Å². The lowest BCUT2D eigenvalue weighted by molar-refractivity contribution is -0.142. The molecule has 4 aromatic rings. The Bertz CT molecular complexity index is 3500. The molecule has 0 aliphatic carbocycles. The van der Waals surface area contributed by atoms with Crippen LogP contribution in [0.25, 0.3) is 10.9 Å². The highest BCUT2D eigenvalue weighted by Gasteiger charge is 2.37. The number of nitrogens with one attached hydrogen (secondary N) is 9. The van der Waals surface area contributed by atoms with E-state index in [9.17, 15) is 73.2 Å². The van der Waals surface area contributed by atoms with Gasteiger partial charge in [-0.3, -0.25) is 67.6 Å². The molecule has 3 aromatic carbocycles. The lowest BCUT2D eigenvalue weighted by Crippen LogP contribution is -2.61. The Morgan fingerprint density at radius 1 is 0.574 bits per heavy atom. The molecule has 0 radical (unpaired) electrons. The summed E-state index contributed by atoms with van der Waals surface area (Å²) in [6.45, 7) is 11.3. The Balaban J connectivity index is 1.36. The number of rotatable bonds is 40. The number of hydrogen-bond donors (Lipinski definition) is 16. The maximum atomic E-state index is 14.9. The van der Waals surface area contributed by atoms with E-state index < -0.39 is 120 Å². The minimum absolute atomic E-state index is 0.0173. The van der Waals surface area contributed by atoms with Crippen LogP contribution in [0, 0.1) is 17.8 Å². The molecule has 19 N–H and O–H groups in total. The third kappa shape index (κ3) is 28.8. The fourth-order valence-corrected chi connectivity index (χ4v) is 12.0. The summed E-state index contributed by atoms with van der Waals surface area (Å²) in [5.74, 6) is -11.2. The van der Waals surface area contributed by atoms with Gasteiger partial charge < -0.3 is 85.1 Å². The van der Waals surface area contributed by atoms with Crippen molar-refractivity contribution < 1.29 is 73.2 Å². The van der Waals surface area contributed by atoms with Gasteiger partial charge >= 0.3 is 23.9 Å². The lowest BCUT2D eigenvalue weighted by Gasteiger charge is -2.33. The molecular weight excluding hydrogens is 1320 g/mol. The number of anilines is 1. The number of aromatic amines is 1. The van der Waals surface area contributed by atoms with E-state index in [1.165, 1.54) is 0 Å². The second kappa shape index (κ2) is 41.1. The fourth-order valence-electron chi connectivity index (χ4n) is 11.8. The molecule has 1 aliphatic rings. The molecule has 1 aliphatic heterocycles. The fraction of sp³-hybridized carbons (Fsp3) is 0.522. The number of aromatic nitrogens is 1. The second-order valence-electron chi connectivity index (χ2n) is 26.4. The molecule has 0 spiro atoms. The van der Waals surface area contributed by atoms with E-state index in [1.54, 1.807) is 93.7 Å². The number of primary amides is 1. The van der Waals surface area contributed by atoms with Gasteiger partial charge in [0.1, 0.15) is 42.3 Å². The number of amides is 7. The number of benzene rings is 3. The van der Waals surface area contributed by atoms with Gasteiger partial charge in [0.2, 0.25) is 41.4 Å². The zero-order chi connectivity index (χ0) is 74.5. The van der Waals surface area contributed by atoms with Gasteiger partial charge in [-0.1, -0.05) is 109 Å². The Morgan fingerprint density at radius 3 is 1.66 bits per heavy atom. The molecule has 101 heavy (non-hydrogen) atoms. The Morgan fingerprint density at radius 2 is 1.09 bits per heavy atom. The van der Waals surface area contributed by atoms with Crippen LogP contribution in [0.3, 0.4) is 0 Å². The van der Waals surface area contributed by atoms with Crippen molar-refractivity contribution in [2.24, 2.45) is 39.9 Å². The minimum atomic E-state index is -1.53. The molecule has 9 unspecified atom stereocenters. The number of nitrogens with two attached hydrogens (primary N) is 3. The molecule has 7 amide bonds. The molecule has 1 fully saturated rings. The van der Waals surface area contributed by atoms with Crippen LogP contribution >= 0.6 is 12.2 Å². The van der Waals surface area contributed by atoms with Crippen molar-refractivity contribution in [3.63, 3.8) is 0 Å². The normalized spacial score (nSPS) is 16.2. The number of H-pyrrole nitrogens is 1. The number of hydrogen-bond acceptors (Lipinski definition) is 16. The molecular formula is C69H100N16O15S. The summed E-state index contributed by atoms with van der Waals surface area (Å²) in [6.07, 6.45) is 1.68. The summed E-state index contributed by atoms with van der Waals surface area (Å²) in [6, 6.07) is 13.4. The van der Waals surface area contributed by atoms with Crippen molar-refractivity contribution in [2.75, 3.05) is 64.2 Å². The van der Waals surface area contributed by atoms with Crippen LogP contribution in [0.15, 0.2) is 90.1 Å². The smallest absolute Gasteiger partial charge is 0.326 e. The van der Waals surface area contributed by atoms with Crippen LogP contribution in [-0.4, -0.2) is 224 Å². The maximum absolute atomic E-state index is 14.9. The Kier molecular flexibility index (Phi) is 33.3. The van der Waals surface area contributed by atoms with Crippen LogP contribution in [0.5, 0.6) is 0 Å². The van der Waals surface area contributed by atoms with Gasteiger partial charge in [0.15, 0.2) is 11.1 Å². The van der Waals surface area contributed by atoms with Gasteiger partial charge in [-0.25, -0.2) is 4.79 Å². The highest BCUT2D eigenvalue weighted by Crippen LogP contribution is 2.22. The molecule has 1 aromatic heterocycles. The van der Waals surface area contributed by atoms with E-state index in [2.05, 4.69) is 52.5 Å². The summed E-state index contributed by atoms with van der Waals surface area (Å²) < 4.78 is 0. The van der Waals surface area contributed by atoms with E-state index in [0.717, 1.165) is 5.56 Å². The molecule has 2 heterocycles. The number of carboxylic acids is 4. The van der Waals surface area contributed by atoms with Gasteiger partial charge in [0.05, 0.1) is 19.6 Å². The van der Waals surface area contributed by atoms with Crippen molar-refractivity contribution in [2.45, 2.75) is 154 Å². The van der Waals surface area contributed by atoms with E-state index in [4.69, 9.17) is 29.4 Å². The molecule has 1 saturated heterocycles. The van der Waals surface area contributed by atoms with Crippen LogP contribution in [0.4, 0.5) is 5.69 Å². The first-order valence-electron chi connectivity index (χ1n) is 33.9. The van der Waals surface area contributed by atoms with Gasteiger partial charge in [0, 0.05) is 87.4 Å². The monoisotopic (exact) mass is 1420 g/mol. The summed E-state index contributed by atoms with van der Waals surface area (Å²) in [5.41, 5.74) is 19.6. The van der Waals surface area contributed by atoms with Gasteiger partial charge in [-0.15, -0.1) is 0 Å². The largest absolute Gasteiger partial charge is 0.480 e. The average molecular weight is 1430 g/mol. The van der Waals surface area contributed by atoms with Crippen molar-refractivity contribution in [3.8, 4) is 0 Å². The lowest BCUT2D eigenvalue weighted by atomic mass is 9.97. The SMILES string of the molecule is CCC(C)C(NC(=S)Nc1ccc(CC2CN(CC(=O)O)CCN(CC(=O)O)CCN2CC(=O)O)cc1)C(=O)NC(Cc1ccccc1)C(=O)NC(CC(C)C)C(=O)NC(CC(C)C)C(=O)NC(Cc1c[nH]c2ccccc12)C(=O)NC(CCC(N)=O)C(=O)NC(CCCN=C(N)N)C(=O)O. The van der Waals surface area contributed by atoms with E-state index >= 15 is 0 Å².